The Morgan fingerprint density at radius 1 is 0.837 bits per heavy atom. The molecule has 0 bridgehead atoms. The van der Waals surface area contributed by atoms with Crippen LogP contribution in [0.3, 0.4) is 0 Å². The molecule has 7 nitrogen and oxygen atoms in total. The van der Waals surface area contributed by atoms with Crippen LogP contribution in [-0.2, 0) is 22.4 Å². The number of aliphatic hydroxyl groups excluding tert-OH is 2. The lowest BCUT2D eigenvalue weighted by atomic mass is 9.67. The van der Waals surface area contributed by atoms with Gasteiger partial charge in [0.25, 0.3) is 0 Å². The monoisotopic (exact) mass is 581 g/mol. The average Bonchev–Trinajstić information content (AvgIpc) is 3.69. The molecule has 1 heterocycles. The molecule has 4 aliphatic carbocycles. The van der Waals surface area contributed by atoms with E-state index in [1.54, 1.807) is 0 Å². The van der Waals surface area contributed by atoms with E-state index in [1.165, 1.54) is 33.4 Å². The first-order valence-electron chi connectivity index (χ1n) is 15.8. The predicted molar refractivity (Wildman–Crippen MR) is 170 cm³/mol. The summed E-state index contributed by atoms with van der Waals surface area (Å²) in [7, 11) is 0. The number of hydrogen-bond acceptors (Lipinski definition) is 6. The highest BCUT2D eigenvalue weighted by Crippen LogP contribution is 2.58. The molecule has 2 atom stereocenters. The molecule has 5 N–H and O–H groups in total. The first kappa shape index (κ1) is 29.5. The van der Waals surface area contributed by atoms with Gasteiger partial charge in [0.15, 0.2) is 11.6 Å². The van der Waals surface area contributed by atoms with Crippen LogP contribution in [0.15, 0.2) is 41.6 Å². The molecule has 0 radical (unpaired) electrons. The second-order valence-electron chi connectivity index (χ2n) is 12.9. The third-order valence-electron chi connectivity index (χ3n) is 10.8. The van der Waals surface area contributed by atoms with E-state index in [9.17, 15) is 19.8 Å². The fraction of sp³-hybridized carbons (Fsp3) is 0.472. The molecule has 7 heteroatoms. The second-order valence-corrected chi connectivity index (χ2v) is 12.9. The average molecular weight is 582 g/mol. The Labute approximate surface area is 253 Å². The summed E-state index contributed by atoms with van der Waals surface area (Å²) < 4.78 is 0. The van der Waals surface area contributed by atoms with E-state index in [1.807, 2.05) is 12.3 Å². The fourth-order valence-corrected chi connectivity index (χ4v) is 8.69. The fourth-order valence-electron chi connectivity index (χ4n) is 8.69. The van der Waals surface area contributed by atoms with Gasteiger partial charge >= 0.3 is 0 Å². The Hall–Kier alpha value is -3.55. The van der Waals surface area contributed by atoms with E-state index in [4.69, 9.17) is 5.73 Å². The maximum Gasteiger partial charge on any atom is 0.159 e. The lowest BCUT2D eigenvalue weighted by Crippen LogP contribution is -2.29. The van der Waals surface area contributed by atoms with Gasteiger partial charge in [0.2, 0.25) is 0 Å². The largest absolute Gasteiger partial charge is 0.399 e. The van der Waals surface area contributed by atoms with Crippen LogP contribution >= 0.6 is 0 Å². The molecule has 3 aromatic rings. The number of aromatic amines is 1. The van der Waals surface area contributed by atoms with Crippen molar-refractivity contribution in [3.8, 4) is 0 Å². The Balaban J connectivity index is 0.000000153. The zero-order valence-corrected chi connectivity index (χ0v) is 25.6. The number of nitrogens with zero attached hydrogens (tertiary/aromatic N) is 1. The van der Waals surface area contributed by atoms with Crippen molar-refractivity contribution in [3.05, 3.63) is 69.4 Å². The number of carbonyl (C=O) groups is 2. The van der Waals surface area contributed by atoms with Crippen molar-refractivity contribution in [3.63, 3.8) is 0 Å². The number of H-pyrrole nitrogens is 1. The number of carbonyl (C=O) groups excluding carboxylic acids is 2. The van der Waals surface area contributed by atoms with Gasteiger partial charge in [-0.1, -0.05) is 26.0 Å². The van der Waals surface area contributed by atoms with Crippen LogP contribution in [0.4, 0.5) is 5.69 Å². The third-order valence-corrected chi connectivity index (χ3v) is 10.8. The number of aliphatic hydroxyl groups is 2. The van der Waals surface area contributed by atoms with Gasteiger partial charge in [0.05, 0.1) is 11.7 Å². The number of nitrogens with two attached hydrogens (primary N) is 1. The molecule has 0 spiro atoms. The molecular weight excluding hydrogens is 538 g/mol. The van der Waals surface area contributed by atoms with Gasteiger partial charge in [-0.05, 0) is 121 Å². The highest BCUT2D eigenvalue weighted by molar-refractivity contribution is 6.08. The van der Waals surface area contributed by atoms with Gasteiger partial charge in [0.1, 0.15) is 0 Å². The number of ketones is 2. The van der Waals surface area contributed by atoms with Crippen LogP contribution in [-0.4, -0.2) is 45.2 Å². The minimum absolute atomic E-state index is 0.0606. The number of fused-ring (bicyclic) bond motifs is 8. The molecular formula is C36H43N3O4. The minimum Gasteiger partial charge on any atom is -0.399 e. The van der Waals surface area contributed by atoms with Crippen molar-refractivity contribution in [1.29, 1.82) is 0 Å². The Morgan fingerprint density at radius 2 is 1.37 bits per heavy atom. The number of allylic oxidation sites excluding steroid dienone is 4. The van der Waals surface area contributed by atoms with Crippen LogP contribution < -0.4 is 5.73 Å². The topological polar surface area (TPSA) is 129 Å². The van der Waals surface area contributed by atoms with Crippen LogP contribution in [0.25, 0.3) is 22.0 Å². The van der Waals surface area contributed by atoms with E-state index in [-0.39, 0.29) is 35.6 Å². The first-order valence-corrected chi connectivity index (χ1v) is 15.8. The summed E-state index contributed by atoms with van der Waals surface area (Å²) in [6.07, 6.45) is 9.60. The third kappa shape index (κ3) is 4.51. The van der Waals surface area contributed by atoms with Gasteiger partial charge in [0, 0.05) is 48.0 Å². The van der Waals surface area contributed by atoms with Gasteiger partial charge in [-0.25, -0.2) is 0 Å². The summed E-state index contributed by atoms with van der Waals surface area (Å²) in [6.45, 7) is 6.50. The number of hydrogen-bond donors (Lipinski definition) is 4. The molecule has 226 valence electrons. The molecule has 1 aromatic heterocycles. The normalized spacial score (nSPS) is 24.1. The maximum atomic E-state index is 12.4. The molecule has 0 aliphatic heterocycles. The molecule has 0 amide bonds. The van der Waals surface area contributed by atoms with Crippen LogP contribution in [0.2, 0.25) is 0 Å². The zero-order valence-electron chi connectivity index (χ0n) is 25.6. The summed E-state index contributed by atoms with van der Waals surface area (Å²) in [6, 6.07) is 8.19. The lowest BCUT2D eigenvalue weighted by molar-refractivity contribution is -0.117. The molecule has 7 rings (SSSR count). The Bertz CT molecular complexity index is 1700. The number of benzene rings is 2. The van der Waals surface area contributed by atoms with E-state index < -0.39 is 0 Å². The molecule has 0 saturated heterocycles. The number of Topliss-reactive ketones (excluding diaryl/α,β-unsaturated/α-hetero) is 2. The van der Waals surface area contributed by atoms with Crippen molar-refractivity contribution >= 4 is 39.3 Å². The van der Waals surface area contributed by atoms with Crippen LogP contribution in [0, 0.1) is 17.8 Å². The molecule has 0 saturated carbocycles. The van der Waals surface area contributed by atoms with E-state index >= 15 is 0 Å². The summed E-state index contributed by atoms with van der Waals surface area (Å²) in [5.74, 6) is 0.564. The Kier molecular flexibility index (Phi) is 7.68. The van der Waals surface area contributed by atoms with Crippen molar-refractivity contribution in [1.82, 2.24) is 10.2 Å². The number of anilines is 1. The van der Waals surface area contributed by atoms with Crippen molar-refractivity contribution in [2.24, 2.45) is 10.8 Å². The number of rotatable bonds is 6. The predicted octanol–water partition coefficient (Wildman–Crippen LogP) is 6.04. The summed E-state index contributed by atoms with van der Waals surface area (Å²) >= 11 is 0. The highest BCUT2D eigenvalue weighted by Gasteiger charge is 2.48. The molecule has 0 fully saturated rings. The lowest BCUT2D eigenvalue weighted by Gasteiger charge is -2.36. The SMILES string of the molecule is CCC1=C2c3ccc(N)c(C)c3CC2(CCO)CCC1=O.CCC1=C2c3ccc4[nH]ncc4c3CC2(CCO)CCC1=O. The second kappa shape index (κ2) is 11.2. The quantitative estimate of drug-likeness (QED) is 0.263. The van der Waals surface area contributed by atoms with Crippen molar-refractivity contribution in [2.45, 2.75) is 85.0 Å². The van der Waals surface area contributed by atoms with E-state index in [0.717, 1.165) is 84.7 Å². The minimum atomic E-state index is -0.0676. The number of aromatic nitrogens is 2. The number of nitrogens with one attached hydrogen (secondary N) is 1. The first-order chi connectivity index (χ1) is 20.7. The standard InChI is InChI=1S/C18H20N2O2.C18H23NO2/c1-2-11-16(22)5-6-18(7-8-21)9-13-12(17(11)18)3-4-15-14(13)10-19-20-15;1-3-12-16(21)6-7-18(8-9-20)10-14-11(2)15(19)5-4-13(14)17(12)18/h3-4,10,21H,2,5-9H2,1H3,(H,19,20);4-5,20H,3,6-10,19H2,1-2H3. The number of nitrogen functional groups attached to an aromatic ring is 1. The molecule has 4 aliphatic rings. The smallest absolute Gasteiger partial charge is 0.159 e. The summed E-state index contributed by atoms with van der Waals surface area (Å²) in [5, 5.41) is 27.5. The van der Waals surface area contributed by atoms with E-state index in [0.29, 0.717) is 12.8 Å². The highest BCUT2D eigenvalue weighted by atomic mass is 16.3. The van der Waals surface area contributed by atoms with Crippen molar-refractivity contribution < 1.29 is 19.8 Å². The zero-order chi connectivity index (χ0) is 30.5. The Morgan fingerprint density at radius 3 is 1.93 bits per heavy atom. The van der Waals surface area contributed by atoms with Gasteiger partial charge in [-0.15, -0.1) is 0 Å². The van der Waals surface area contributed by atoms with Gasteiger partial charge in [-0.2, -0.15) is 5.10 Å². The molecule has 2 aromatic carbocycles. The maximum absolute atomic E-state index is 12.4. The molecule has 43 heavy (non-hydrogen) atoms. The van der Waals surface area contributed by atoms with E-state index in [2.05, 4.69) is 49.2 Å². The summed E-state index contributed by atoms with van der Waals surface area (Å²) in [5.41, 5.74) is 18.2. The van der Waals surface area contributed by atoms with Crippen LogP contribution in [0.5, 0.6) is 0 Å². The van der Waals surface area contributed by atoms with Crippen molar-refractivity contribution in [2.75, 3.05) is 18.9 Å². The molecule has 2 unspecified atom stereocenters. The van der Waals surface area contributed by atoms with Crippen LogP contribution in [0.1, 0.15) is 93.0 Å². The van der Waals surface area contributed by atoms with Gasteiger partial charge < -0.3 is 15.9 Å². The summed E-state index contributed by atoms with van der Waals surface area (Å²) in [4.78, 5) is 24.7. The van der Waals surface area contributed by atoms with Gasteiger partial charge in [-0.3, -0.25) is 14.7 Å².